The van der Waals surface area contributed by atoms with Gasteiger partial charge >= 0.3 is 0 Å². The molecule has 7 nitrogen and oxygen atoms in total. The predicted molar refractivity (Wildman–Crippen MR) is 118 cm³/mol. The molecular formula is C23H31N5O2. The van der Waals surface area contributed by atoms with Crippen LogP contribution < -0.4 is 14.5 Å². The number of rotatable bonds is 5. The molecule has 0 aliphatic carbocycles. The second-order valence-corrected chi connectivity index (χ2v) is 7.86. The fourth-order valence-corrected chi connectivity index (χ4v) is 4.19. The first-order chi connectivity index (χ1) is 14.8. The number of piperazine rings is 1. The molecule has 0 atom stereocenters. The van der Waals surface area contributed by atoms with Gasteiger partial charge in [0.05, 0.1) is 12.2 Å². The molecule has 30 heavy (non-hydrogen) atoms. The molecule has 0 saturated carbocycles. The van der Waals surface area contributed by atoms with E-state index in [4.69, 9.17) is 4.74 Å². The second-order valence-electron chi connectivity index (χ2n) is 7.86. The van der Waals surface area contributed by atoms with E-state index in [2.05, 4.69) is 32.1 Å². The third-order valence-corrected chi connectivity index (χ3v) is 5.87. The Kier molecular flexibility index (Phi) is 6.67. The molecule has 7 heteroatoms. The van der Waals surface area contributed by atoms with Crippen LogP contribution >= 0.6 is 0 Å². The second kappa shape index (κ2) is 9.78. The molecule has 0 radical (unpaired) electrons. The predicted octanol–water partition coefficient (Wildman–Crippen LogP) is 3.22. The molecule has 1 aromatic heterocycles. The van der Waals surface area contributed by atoms with Crippen LogP contribution in [0, 0.1) is 0 Å². The molecule has 1 aromatic carbocycles. The van der Waals surface area contributed by atoms with Gasteiger partial charge in [-0.05, 0) is 44.0 Å². The quantitative estimate of drug-likeness (QED) is 0.756. The Balaban J connectivity index is 1.36. The summed E-state index contributed by atoms with van der Waals surface area (Å²) in [4.78, 5) is 19.4. The number of para-hydroxylation sites is 1. The standard InChI is InChI=1S/C23H31N5O2/c1-2-30-20-10-6-5-9-19(20)23(29)28-17-15-27(16-18-28)22-12-11-21(24-25-22)26-13-7-3-4-8-14-26/h5-6,9-12H,2-4,7-8,13-18H2,1H3. The van der Waals surface area contributed by atoms with E-state index in [-0.39, 0.29) is 5.91 Å². The van der Waals surface area contributed by atoms with Crippen LogP contribution in [-0.4, -0.2) is 66.9 Å². The topological polar surface area (TPSA) is 61.8 Å². The molecule has 3 heterocycles. The number of aromatic nitrogens is 2. The molecule has 4 rings (SSSR count). The van der Waals surface area contributed by atoms with Crippen molar-refractivity contribution in [3.63, 3.8) is 0 Å². The molecule has 2 aliphatic rings. The minimum absolute atomic E-state index is 0.0290. The Morgan fingerprint density at radius 1 is 0.833 bits per heavy atom. The number of nitrogens with zero attached hydrogens (tertiary/aromatic N) is 5. The van der Waals surface area contributed by atoms with Crippen molar-refractivity contribution in [3.05, 3.63) is 42.0 Å². The van der Waals surface area contributed by atoms with E-state index in [1.807, 2.05) is 36.1 Å². The Morgan fingerprint density at radius 2 is 1.43 bits per heavy atom. The maximum absolute atomic E-state index is 13.0. The van der Waals surface area contributed by atoms with Gasteiger partial charge in [0.2, 0.25) is 0 Å². The van der Waals surface area contributed by atoms with Crippen molar-refractivity contribution in [1.82, 2.24) is 15.1 Å². The SMILES string of the molecule is CCOc1ccccc1C(=O)N1CCN(c2ccc(N3CCCCCC3)nn2)CC1. The molecule has 1 amide bonds. The summed E-state index contributed by atoms with van der Waals surface area (Å²) in [7, 11) is 0. The first-order valence-electron chi connectivity index (χ1n) is 11.1. The van der Waals surface area contributed by atoms with E-state index in [1.54, 1.807) is 0 Å². The lowest BCUT2D eigenvalue weighted by Gasteiger charge is -2.35. The monoisotopic (exact) mass is 409 g/mol. The largest absolute Gasteiger partial charge is 0.493 e. The van der Waals surface area contributed by atoms with Gasteiger partial charge in [-0.15, -0.1) is 10.2 Å². The molecule has 0 bridgehead atoms. The number of amides is 1. The highest BCUT2D eigenvalue weighted by atomic mass is 16.5. The van der Waals surface area contributed by atoms with Crippen LogP contribution in [0.25, 0.3) is 0 Å². The molecule has 0 unspecified atom stereocenters. The van der Waals surface area contributed by atoms with Crippen molar-refractivity contribution >= 4 is 17.5 Å². The highest BCUT2D eigenvalue weighted by Crippen LogP contribution is 2.23. The van der Waals surface area contributed by atoms with E-state index in [9.17, 15) is 4.79 Å². The maximum atomic E-state index is 13.0. The number of carbonyl (C=O) groups excluding carboxylic acids is 1. The highest BCUT2D eigenvalue weighted by molar-refractivity contribution is 5.97. The van der Waals surface area contributed by atoms with Crippen molar-refractivity contribution in [1.29, 1.82) is 0 Å². The average Bonchev–Trinajstić information content (AvgIpc) is 3.09. The summed E-state index contributed by atoms with van der Waals surface area (Å²) in [5.74, 6) is 2.54. The zero-order valence-corrected chi connectivity index (χ0v) is 17.8. The lowest BCUT2D eigenvalue weighted by Crippen LogP contribution is -2.49. The van der Waals surface area contributed by atoms with Gasteiger partial charge < -0.3 is 19.4 Å². The van der Waals surface area contributed by atoms with Gasteiger partial charge in [0.25, 0.3) is 5.91 Å². The molecule has 2 aliphatic heterocycles. The van der Waals surface area contributed by atoms with Crippen LogP contribution in [-0.2, 0) is 0 Å². The van der Waals surface area contributed by atoms with Gasteiger partial charge in [-0.1, -0.05) is 25.0 Å². The smallest absolute Gasteiger partial charge is 0.257 e. The minimum atomic E-state index is 0.0290. The van der Waals surface area contributed by atoms with Crippen LogP contribution in [0.2, 0.25) is 0 Å². The minimum Gasteiger partial charge on any atom is -0.493 e. The van der Waals surface area contributed by atoms with Crippen LogP contribution in [0.5, 0.6) is 5.75 Å². The normalized spacial score (nSPS) is 17.6. The Labute approximate surface area is 178 Å². The third-order valence-electron chi connectivity index (χ3n) is 5.87. The van der Waals surface area contributed by atoms with Crippen molar-refractivity contribution in [2.75, 3.05) is 55.7 Å². The van der Waals surface area contributed by atoms with Gasteiger partial charge in [0.15, 0.2) is 11.6 Å². The summed E-state index contributed by atoms with van der Waals surface area (Å²) in [6.45, 7) is 7.43. The van der Waals surface area contributed by atoms with E-state index < -0.39 is 0 Å². The number of carbonyl (C=O) groups is 1. The van der Waals surface area contributed by atoms with E-state index in [0.717, 1.165) is 37.8 Å². The number of ether oxygens (including phenoxy) is 1. The van der Waals surface area contributed by atoms with Crippen molar-refractivity contribution in [2.45, 2.75) is 32.6 Å². The zero-order chi connectivity index (χ0) is 20.8. The third kappa shape index (κ3) is 4.66. The average molecular weight is 410 g/mol. The maximum Gasteiger partial charge on any atom is 0.257 e. The van der Waals surface area contributed by atoms with Gasteiger partial charge in [-0.2, -0.15) is 0 Å². The van der Waals surface area contributed by atoms with E-state index in [1.165, 1.54) is 25.7 Å². The highest BCUT2D eigenvalue weighted by Gasteiger charge is 2.25. The number of benzene rings is 1. The fourth-order valence-electron chi connectivity index (χ4n) is 4.19. The molecular weight excluding hydrogens is 378 g/mol. The summed E-state index contributed by atoms with van der Waals surface area (Å²) in [6.07, 6.45) is 5.07. The lowest BCUT2D eigenvalue weighted by molar-refractivity contribution is 0.0742. The Morgan fingerprint density at radius 3 is 2.03 bits per heavy atom. The van der Waals surface area contributed by atoms with E-state index >= 15 is 0 Å². The fraction of sp³-hybridized carbons (Fsp3) is 0.522. The van der Waals surface area contributed by atoms with Crippen molar-refractivity contribution in [2.24, 2.45) is 0 Å². The van der Waals surface area contributed by atoms with Crippen LogP contribution in [0.1, 0.15) is 43.0 Å². The molecule has 2 fully saturated rings. The molecule has 0 N–H and O–H groups in total. The molecule has 0 spiro atoms. The van der Waals surface area contributed by atoms with Gasteiger partial charge in [0, 0.05) is 39.3 Å². The summed E-state index contributed by atoms with van der Waals surface area (Å²) in [6, 6.07) is 11.6. The number of hydrogen-bond acceptors (Lipinski definition) is 6. The summed E-state index contributed by atoms with van der Waals surface area (Å²) in [5, 5.41) is 8.98. The number of anilines is 2. The zero-order valence-electron chi connectivity index (χ0n) is 17.8. The number of hydrogen-bond donors (Lipinski definition) is 0. The Hall–Kier alpha value is -2.83. The molecule has 160 valence electrons. The van der Waals surface area contributed by atoms with Crippen LogP contribution in [0.3, 0.4) is 0 Å². The first kappa shape index (κ1) is 20.4. The lowest BCUT2D eigenvalue weighted by atomic mass is 10.1. The van der Waals surface area contributed by atoms with Crippen molar-refractivity contribution < 1.29 is 9.53 Å². The summed E-state index contributed by atoms with van der Waals surface area (Å²) >= 11 is 0. The Bertz CT molecular complexity index is 826. The summed E-state index contributed by atoms with van der Waals surface area (Å²) < 4.78 is 5.63. The van der Waals surface area contributed by atoms with Crippen LogP contribution in [0.15, 0.2) is 36.4 Å². The first-order valence-corrected chi connectivity index (χ1v) is 11.1. The van der Waals surface area contributed by atoms with Gasteiger partial charge in [-0.3, -0.25) is 4.79 Å². The molecule has 2 saturated heterocycles. The molecule has 2 aromatic rings. The van der Waals surface area contributed by atoms with Gasteiger partial charge in [0.1, 0.15) is 5.75 Å². The summed E-state index contributed by atoms with van der Waals surface area (Å²) in [5.41, 5.74) is 0.634. The van der Waals surface area contributed by atoms with E-state index in [0.29, 0.717) is 31.0 Å². The van der Waals surface area contributed by atoms with Gasteiger partial charge in [-0.25, -0.2) is 0 Å². The van der Waals surface area contributed by atoms with Crippen molar-refractivity contribution in [3.8, 4) is 5.75 Å². The van der Waals surface area contributed by atoms with Crippen LogP contribution in [0.4, 0.5) is 11.6 Å².